The van der Waals surface area contributed by atoms with Crippen LogP contribution in [0.15, 0.2) is 40.8 Å². The maximum Gasteiger partial charge on any atom is 0.390 e. The van der Waals surface area contributed by atoms with E-state index in [0.29, 0.717) is 29.9 Å². The number of ether oxygens (including phenoxy) is 1. The number of hydrogen-bond acceptors (Lipinski definition) is 6. The van der Waals surface area contributed by atoms with E-state index < -0.39 is 25.0 Å². The monoisotopic (exact) mass is 538 g/mol. The Balaban J connectivity index is 1.58. The molecule has 1 saturated heterocycles. The van der Waals surface area contributed by atoms with Crippen LogP contribution in [-0.4, -0.2) is 66.1 Å². The summed E-state index contributed by atoms with van der Waals surface area (Å²) in [6.07, 6.45) is -4.83. The summed E-state index contributed by atoms with van der Waals surface area (Å²) in [5.41, 5.74) is 1.59. The van der Waals surface area contributed by atoms with Gasteiger partial charge in [-0.05, 0) is 36.2 Å². The van der Waals surface area contributed by atoms with Crippen molar-refractivity contribution in [3.8, 4) is 5.75 Å². The van der Waals surface area contributed by atoms with Crippen LogP contribution in [0.25, 0.3) is 11.1 Å². The van der Waals surface area contributed by atoms with E-state index in [1.807, 2.05) is 12.1 Å². The molecule has 1 aromatic heterocycles. The molecule has 1 unspecified atom stereocenters. The van der Waals surface area contributed by atoms with Gasteiger partial charge in [0, 0.05) is 49.7 Å². The Morgan fingerprint density at radius 3 is 2.76 bits per heavy atom. The fourth-order valence-corrected chi connectivity index (χ4v) is 4.44. The number of alkyl halides is 3. The summed E-state index contributed by atoms with van der Waals surface area (Å²) in [5, 5.41) is 3.63. The minimum Gasteiger partial charge on any atom is -0.493 e. The molecule has 2 aromatic carbocycles. The highest BCUT2D eigenvalue weighted by Gasteiger charge is 2.34. The largest absolute Gasteiger partial charge is 0.493 e. The molecule has 1 N–H and O–H groups in total. The smallest absolute Gasteiger partial charge is 0.390 e. The second kappa shape index (κ2) is 10.9. The fraction of sp³-hybridized carbons (Fsp3) is 0.400. The molecule has 2 heterocycles. The normalized spacial score (nSPS) is 15.9. The van der Waals surface area contributed by atoms with Crippen molar-refractivity contribution in [2.45, 2.75) is 38.0 Å². The third-order valence-corrected chi connectivity index (χ3v) is 6.51. The van der Waals surface area contributed by atoms with Gasteiger partial charge in [0.15, 0.2) is 11.3 Å². The highest BCUT2D eigenvalue weighted by molar-refractivity contribution is 6.30. The van der Waals surface area contributed by atoms with Crippen LogP contribution in [0, 0.1) is 0 Å². The first-order valence-electron chi connectivity index (χ1n) is 11.6. The molecule has 0 aliphatic carbocycles. The number of likely N-dealkylation sites (tertiary alicyclic amines) is 1. The highest BCUT2D eigenvalue weighted by Crippen LogP contribution is 2.31. The van der Waals surface area contributed by atoms with Gasteiger partial charge in [-0.1, -0.05) is 23.7 Å². The molecule has 2 amide bonds. The Morgan fingerprint density at radius 2 is 2.11 bits per heavy atom. The van der Waals surface area contributed by atoms with Gasteiger partial charge in [-0.25, -0.2) is 0 Å². The summed E-state index contributed by atoms with van der Waals surface area (Å²) in [6.45, 7) is -0.171. The number of nitrogens with zero attached hydrogens (tertiary/aromatic N) is 3. The minimum atomic E-state index is -4.44. The SMILES string of the molecule is COc1cc(C(=O)N(CCC(F)(F)F)CC2CCC(=O)N2C)cc2nc(NCc3cccc(Cl)c3)oc12. The van der Waals surface area contributed by atoms with Gasteiger partial charge in [-0.3, -0.25) is 9.59 Å². The molecule has 3 aromatic rings. The average Bonchev–Trinajstić information content (AvgIpc) is 3.41. The third kappa shape index (κ3) is 6.46. The molecule has 1 atom stereocenters. The van der Waals surface area contributed by atoms with E-state index in [0.717, 1.165) is 10.5 Å². The molecule has 1 fully saturated rings. The summed E-state index contributed by atoms with van der Waals surface area (Å²) in [5.74, 6) is -0.501. The Morgan fingerprint density at radius 1 is 1.32 bits per heavy atom. The molecule has 4 rings (SSSR count). The zero-order valence-corrected chi connectivity index (χ0v) is 21.0. The lowest BCUT2D eigenvalue weighted by Gasteiger charge is -2.29. The van der Waals surface area contributed by atoms with E-state index in [1.165, 1.54) is 24.1 Å². The van der Waals surface area contributed by atoms with Crippen LogP contribution in [0.2, 0.25) is 5.02 Å². The number of carbonyl (C=O) groups excluding carboxylic acids is 2. The van der Waals surface area contributed by atoms with Crippen molar-refractivity contribution in [1.82, 2.24) is 14.8 Å². The number of nitrogens with one attached hydrogen (secondary N) is 1. The van der Waals surface area contributed by atoms with E-state index in [1.54, 1.807) is 19.2 Å². The number of benzene rings is 2. The molecule has 12 heteroatoms. The second-order valence-corrected chi connectivity index (χ2v) is 9.28. The van der Waals surface area contributed by atoms with Gasteiger partial charge in [0.05, 0.1) is 13.5 Å². The molecule has 0 saturated carbocycles. The number of fused-ring (bicyclic) bond motifs is 1. The lowest BCUT2D eigenvalue weighted by Crippen LogP contribution is -2.44. The van der Waals surface area contributed by atoms with Gasteiger partial charge in [-0.15, -0.1) is 0 Å². The predicted molar refractivity (Wildman–Crippen MR) is 132 cm³/mol. The number of carbonyl (C=O) groups is 2. The zero-order valence-electron chi connectivity index (χ0n) is 20.3. The number of halogens is 4. The lowest BCUT2D eigenvalue weighted by atomic mass is 10.1. The standard InChI is InChI=1S/C25H26ClF3N4O4/c1-32-18(6-7-21(32)34)14-33(9-8-25(27,28)29)23(35)16-11-19-22(20(12-16)36-2)37-24(31-19)30-13-15-4-3-5-17(26)10-15/h3-5,10-12,18H,6-9,13-14H2,1-2H3,(H,30,31). The Hall–Kier alpha value is -3.47. The van der Waals surface area contributed by atoms with Gasteiger partial charge in [0.1, 0.15) is 5.52 Å². The summed E-state index contributed by atoms with van der Waals surface area (Å²) < 4.78 is 50.2. The van der Waals surface area contributed by atoms with Crippen molar-refractivity contribution in [1.29, 1.82) is 0 Å². The van der Waals surface area contributed by atoms with Crippen LogP contribution in [0.5, 0.6) is 5.75 Å². The highest BCUT2D eigenvalue weighted by atomic mass is 35.5. The first kappa shape index (κ1) is 26.6. The van der Waals surface area contributed by atoms with Gasteiger partial charge in [0.25, 0.3) is 11.9 Å². The summed E-state index contributed by atoms with van der Waals surface area (Å²) in [7, 11) is 2.99. The predicted octanol–water partition coefficient (Wildman–Crippen LogP) is 5.12. The first-order valence-corrected chi connectivity index (χ1v) is 12.0. The number of anilines is 1. The minimum absolute atomic E-state index is 0.0111. The fourth-order valence-electron chi connectivity index (χ4n) is 4.23. The number of aromatic nitrogens is 1. The van der Waals surface area contributed by atoms with Crippen molar-refractivity contribution in [2.75, 3.05) is 32.6 Å². The Labute approximate surface area is 216 Å². The van der Waals surface area contributed by atoms with E-state index in [-0.39, 0.29) is 41.4 Å². The molecule has 198 valence electrons. The summed E-state index contributed by atoms with van der Waals surface area (Å²) in [4.78, 5) is 32.3. The number of hydrogen-bond donors (Lipinski definition) is 1. The molecule has 0 spiro atoms. The van der Waals surface area contributed by atoms with Crippen molar-refractivity contribution in [3.05, 3.63) is 52.5 Å². The molecular weight excluding hydrogens is 513 g/mol. The number of oxazole rings is 1. The van der Waals surface area contributed by atoms with E-state index in [2.05, 4.69) is 10.3 Å². The van der Waals surface area contributed by atoms with Crippen molar-refractivity contribution >= 4 is 40.5 Å². The third-order valence-electron chi connectivity index (χ3n) is 6.27. The molecule has 1 aliphatic rings. The number of amides is 2. The molecule has 8 nitrogen and oxygen atoms in total. The lowest BCUT2D eigenvalue weighted by molar-refractivity contribution is -0.137. The van der Waals surface area contributed by atoms with Crippen LogP contribution >= 0.6 is 11.6 Å². The molecule has 1 aliphatic heterocycles. The van der Waals surface area contributed by atoms with Crippen molar-refractivity contribution < 1.29 is 31.9 Å². The number of likely N-dealkylation sites (N-methyl/N-ethyl adjacent to an activating group) is 1. The van der Waals surface area contributed by atoms with Crippen LogP contribution in [0.4, 0.5) is 19.2 Å². The Kier molecular flexibility index (Phi) is 7.82. The van der Waals surface area contributed by atoms with Crippen LogP contribution < -0.4 is 10.1 Å². The molecule has 0 radical (unpaired) electrons. The number of methoxy groups -OCH3 is 1. The van der Waals surface area contributed by atoms with Crippen LogP contribution in [0.3, 0.4) is 0 Å². The summed E-state index contributed by atoms with van der Waals surface area (Å²) >= 11 is 6.02. The topological polar surface area (TPSA) is 87.9 Å². The maximum atomic E-state index is 13.4. The maximum absolute atomic E-state index is 13.4. The van der Waals surface area contributed by atoms with Crippen molar-refractivity contribution in [2.24, 2.45) is 0 Å². The van der Waals surface area contributed by atoms with Crippen molar-refractivity contribution in [3.63, 3.8) is 0 Å². The summed E-state index contributed by atoms with van der Waals surface area (Å²) in [6, 6.07) is 9.94. The Bertz CT molecular complexity index is 1300. The van der Waals surface area contributed by atoms with E-state index >= 15 is 0 Å². The second-order valence-electron chi connectivity index (χ2n) is 8.84. The van der Waals surface area contributed by atoms with Gasteiger partial charge >= 0.3 is 6.18 Å². The quantitative estimate of drug-likeness (QED) is 0.407. The van der Waals surface area contributed by atoms with E-state index in [4.69, 9.17) is 20.8 Å². The molecule has 0 bridgehead atoms. The van der Waals surface area contributed by atoms with Crippen LogP contribution in [0.1, 0.15) is 35.2 Å². The zero-order chi connectivity index (χ0) is 26.7. The van der Waals surface area contributed by atoms with Crippen LogP contribution in [-0.2, 0) is 11.3 Å². The molecule has 37 heavy (non-hydrogen) atoms. The average molecular weight is 539 g/mol. The van der Waals surface area contributed by atoms with E-state index in [9.17, 15) is 22.8 Å². The first-order chi connectivity index (χ1) is 17.5. The molecular formula is C25H26ClF3N4O4. The van der Waals surface area contributed by atoms with Gasteiger partial charge < -0.3 is 24.3 Å². The van der Waals surface area contributed by atoms with Gasteiger partial charge in [-0.2, -0.15) is 18.2 Å². The number of rotatable bonds is 9. The van der Waals surface area contributed by atoms with Gasteiger partial charge in [0.2, 0.25) is 5.91 Å².